The van der Waals surface area contributed by atoms with Crippen molar-refractivity contribution >= 4 is 12.8 Å². The van der Waals surface area contributed by atoms with E-state index in [1.807, 2.05) is 0 Å². The van der Waals surface area contributed by atoms with Gasteiger partial charge in [0.2, 0.25) is 12.8 Å². The van der Waals surface area contributed by atoms with Crippen LogP contribution in [0, 0.1) is 0 Å². The lowest BCUT2D eigenvalue weighted by atomic mass is 10.5. The zero-order chi connectivity index (χ0) is 8.43. The fraction of sp³-hybridized carbons (Fsp3) is 0.600. The van der Waals surface area contributed by atoms with Gasteiger partial charge in [0.1, 0.15) is 6.67 Å². The molecule has 0 aromatic rings. The van der Waals surface area contributed by atoms with Crippen molar-refractivity contribution < 1.29 is 19.8 Å². The van der Waals surface area contributed by atoms with Crippen molar-refractivity contribution in [3.63, 3.8) is 0 Å². The molecule has 0 radical (unpaired) electrons. The minimum absolute atomic E-state index is 0.0741. The Morgan fingerprint density at radius 1 is 1.09 bits per heavy atom. The number of aliphatic hydroxyl groups excluding tert-OH is 2. The SMILES string of the molecule is O=CN1CN(C=O)[C@H](O)[C@H]1O. The third kappa shape index (κ3) is 1.17. The maximum Gasteiger partial charge on any atom is 0.213 e. The van der Waals surface area contributed by atoms with E-state index in [1.165, 1.54) is 0 Å². The molecule has 0 aromatic heterocycles. The maximum absolute atomic E-state index is 10.1. The molecule has 2 N–H and O–H groups in total. The number of amides is 2. The van der Waals surface area contributed by atoms with Gasteiger partial charge in [-0.25, -0.2) is 0 Å². The van der Waals surface area contributed by atoms with Gasteiger partial charge < -0.3 is 10.2 Å². The zero-order valence-electron chi connectivity index (χ0n) is 5.62. The Labute approximate surface area is 62.6 Å². The van der Waals surface area contributed by atoms with Crippen LogP contribution in [-0.2, 0) is 9.59 Å². The van der Waals surface area contributed by atoms with Crippen LogP contribution in [-0.4, -0.2) is 52.0 Å². The van der Waals surface area contributed by atoms with E-state index in [9.17, 15) is 9.59 Å². The van der Waals surface area contributed by atoms with Crippen LogP contribution in [0.2, 0.25) is 0 Å². The predicted molar refractivity (Wildman–Crippen MR) is 32.7 cm³/mol. The van der Waals surface area contributed by atoms with Crippen molar-refractivity contribution in [1.29, 1.82) is 0 Å². The molecule has 1 saturated heterocycles. The number of hydrogen-bond donors (Lipinski definition) is 2. The fourth-order valence-corrected chi connectivity index (χ4v) is 0.890. The second-order valence-electron chi connectivity index (χ2n) is 2.21. The van der Waals surface area contributed by atoms with E-state index in [0.29, 0.717) is 12.8 Å². The molecule has 1 heterocycles. The van der Waals surface area contributed by atoms with Crippen LogP contribution in [0.25, 0.3) is 0 Å². The maximum atomic E-state index is 10.1. The van der Waals surface area contributed by atoms with E-state index in [-0.39, 0.29) is 6.67 Å². The Kier molecular flexibility index (Phi) is 2.06. The molecule has 0 unspecified atom stereocenters. The Bertz CT molecular complexity index is 156. The largest absolute Gasteiger partial charge is 0.369 e. The molecule has 1 fully saturated rings. The minimum Gasteiger partial charge on any atom is -0.369 e. The standard InChI is InChI=1S/C5H8N2O4/c8-2-6-1-7(3-9)5(11)4(6)10/h2-5,10-11H,1H2/t4-,5-/m1/s1. The van der Waals surface area contributed by atoms with Crippen molar-refractivity contribution in [2.45, 2.75) is 12.5 Å². The molecule has 0 bridgehead atoms. The molecule has 62 valence electrons. The molecule has 0 spiro atoms. The quantitative estimate of drug-likeness (QED) is 0.438. The molecule has 11 heavy (non-hydrogen) atoms. The third-order valence-electron chi connectivity index (χ3n) is 1.54. The van der Waals surface area contributed by atoms with E-state index in [1.54, 1.807) is 0 Å². The number of hydrogen-bond acceptors (Lipinski definition) is 4. The Morgan fingerprint density at radius 3 is 1.64 bits per heavy atom. The summed E-state index contributed by atoms with van der Waals surface area (Å²) in [6.45, 7) is -0.0741. The number of carbonyl (C=O) groups is 2. The highest BCUT2D eigenvalue weighted by Crippen LogP contribution is 2.12. The van der Waals surface area contributed by atoms with E-state index >= 15 is 0 Å². The van der Waals surface area contributed by atoms with Gasteiger partial charge in [-0.05, 0) is 0 Å². The van der Waals surface area contributed by atoms with E-state index < -0.39 is 12.5 Å². The molecule has 1 aliphatic heterocycles. The number of rotatable bonds is 2. The van der Waals surface area contributed by atoms with Crippen LogP contribution in [0.3, 0.4) is 0 Å². The summed E-state index contributed by atoms with van der Waals surface area (Å²) in [5.74, 6) is 0. The molecule has 1 aliphatic rings. The third-order valence-corrected chi connectivity index (χ3v) is 1.54. The van der Waals surface area contributed by atoms with Crippen LogP contribution in [0.15, 0.2) is 0 Å². The summed E-state index contributed by atoms with van der Waals surface area (Å²) in [6.07, 6.45) is -1.87. The average molecular weight is 160 g/mol. The molecule has 0 saturated carbocycles. The second-order valence-corrected chi connectivity index (χ2v) is 2.21. The van der Waals surface area contributed by atoms with E-state index in [0.717, 1.165) is 9.80 Å². The van der Waals surface area contributed by atoms with Gasteiger partial charge in [0.25, 0.3) is 0 Å². The molecule has 0 aromatic carbocycles. The number of nitrogens with zero attached hydrogens (tertiary/aromatic N) is 2. The van der Waals surface area contributed by atoms with Gasteiger partial charge in [0.05, 0.1) is 0 Å². The normalized spacial score (nSPS) is 30.7. The number of carbonyl (C=O) groups excluding carboxylic acids is 2. The van der Waals surface area contributed by atoms with Crippen molar-refractivity contribution in [1.82, 2.24) is 9.80 Å². The second kappa shape index (κ2) is 2.85. The van der Waals surface area contributed by atoms with Gasteiger partial charge in [-0.2, -0.15) is 0 Å². The summed E-state index contributed by atoms with van der Waals surface area (Å²) in [5, 5.41) is 18.0. The smallest absolute Gasteiger partial charge is 0.213 e. The molecular weight excluding hydrogens is 152 g/mol. The van der Waals surface area contributed by atoms with Crippen molar-refractivity contribution in [2.24, 2.45) is 0 Å². The van der Waals surface area contributed by atoms with Crippen molar-refractivity contribution in [3.05, 3.63) is 0 Å². The van der Waals surface area contributed by atoms with Crippen molar-refractivity contribution in [3.8, 4) is 0 Å². The predicted octanol–water partition coefficient (Wildman–Crippen LogP) is -2.49. The summed E-state index contributed by atoms with van der Waals surface area (Å²) in [4.78, 5) is 22.1. The van der Waals surface area contributed by atoms with Gasteiger partial charge in [0.15, 0.2) is 12.5 Å². The lowest BCUT2D eigenvalue weighted by Gasteiger charge is -2.13. The molecule has 2 amide bonds. The van der Waals surface area contributed by atoms with Gasteiger partial charge in [-0.15, -0.1) is 0 Å². The van der Waals surface area contributed by atoms with E-state index in [4.69, 9.17) is 10.2 Å². The molecule has 0 aliphatic carbocycles. The van der Waals surface area contributed by atoms with Crippen LogP contribution in [0.1, 0.15) is 0 Å². The lowest BCUT2D eigenvalue weighted by Crippen LogP contribution is -2.36. The first-order valence-corrected chi connectivity index (χ1v) is 2.99. The highest BCUT2D eigenvalue weighted by Gasteiger charge is 2.35. The first-order valence-electron chi connectivity index (χ1n) is 2.99. The van der Waals surface area contributed by atoms with Crippen molar-refractivity contribution in [2.75, 3.05) is 6.67 Å². The van der Waals surface area contributed by atoms with Crippen LogP contribution < -0.4 is 0 Å². The minimum atomic E-state index is -1.31. The first kappa shape index (κ1) is 7.96. The van der Waals surface area contributed by atoms with Gasteiger partial charge in [-0.1, -0.05) is 0 Å². The topological polar surface area (TPSA) is 81.1 Å². The molecular formula is C5H8N2O4. The monoisotopic (exact) mass is 160 g/mol. The van der Waals surface area contributed by atoms with E-state index in [2.05, 4.69) is 0 Å². The molecule has 6 heteroatoms. The van der Waals surface area contributed by atoms with Gasteiger partial charge in [-0.3, -0.25) is 19.4 Å². The van der Waals surface area contributed by atoms with Gasteiger partial charge >= 0.3 is 0 Å². The number of aliphatic hydroxyl groups is 2. The summed E-state index contributed by atoms with van der Waals surface area (Å²) in [6, 6.07) is 0. The lowest BCUT2D eigenvalue weighted by molar-refractivity contribution is -0.132. The van der Waals surface area contributed by atoms with Gasteiger partial charge in [0, 0.05) is 0 Å². The highest BCUT2D eigenvalue weighted by molar-refractivity contribution is 5.53. The fourth-order valence-electron chi connectivity index (χ4n) is 0.890. The molecule has 6 nitrogen and oxygen atoms in total. The Hall–Kier alpha value is -1.14. The van der Waals surface area contributed by atoms with Crippen LogP contribution in [0.4, 0.5) is 0 Å². The molecule has 1 rings (SSSR count). The summed E-state index contributed by atoms with van der Waals surface area (Å²) >= 11 is 0. The summed E-state index contributed by atoms with van der Waals surface area (Å²) in [5.41, 5.74) is 0. The summed E-state index contributed by atoms with van der Waals surface area (Å²) in [7, 11) is 0. The first-order chi connectivity index (χ1) is 5.20. The Balaban J connectivity index is 2.67. The average Bonchev–Trinajstić information content (AvgIpc) is 2.30. The highest BCUT2D eigenvalue weighted by atomic mass is 16.4. The molecule has 2 atom stereocenters. The zero-order valence-corrected chi connectivity index (χ0v) is 5.62. The van der Waals surface area contributed by atoms with Crippen LogP contribution in [0.5, 0.6) is 0 Å². The summed E-state index contributed by atoms with van der Waals surface area (Å²) < 4.78 is 0. The van der Waals surface area contributed by atoms with Crippen LogP contribution >= 0.6 is 0 Å². The Morgan fingerprint density at radius 2 is 1.45 bits per heavy atom.